The molecule has 3 N–H and O–H groups in total. The lowest BCUT2D eigenvalue weighted by Gasteiger charge is -2.16. The summed E-state index contributed by atoms with van der Waals surface area (Å²) in [7, 11) is 0. The van der Waals surface area contributed by atoms with E-state index in [-0.39, 0.29) is 11.9 Å². The van der Waals surface area contributed by atoms with Gasteiger partial charge in [0.2, 0.25) is 5.95 Å². The van der Waals surface area contributed by atoms with Gasteiger partial charge in [-0.05, 0) is 43.7 Å². The lowest BCUT2D eigenvalue weighted by atomic mass is 10.1. The van der Waals surface area contributed by atoms with Gasteiger partial charge < -0.3 is 10.6 Å². The molecule has 4 rings (SSSR count). The number of fused-ring (bicyclic) bond motifs is 1. The van der Waals surface area contributed by atoms with Crippen molar-refractivity contribution in [3.05, 3.63) is 71.7 Å². The maximum Gasteiger partial charge on any atom is 0.225 e. The monoisotopic (exact) mass is 362 g/mol. The van der Waals surface area contributed by atoms with Gasteiger partial charge in [-0.25, -0.2) is 9.37 Å². The smallest absolute Gasteiger partial charge is 0.225 e. The lowest BCUT2D eigenvalue weighted by Crippen LogP contribution is -2.10. The summed E-state index contributed by atoms with van der Waals surface area (Å²) in [5, 5.41) is 14.6. The van der Waals surface area contributed by atoms with E-state index in [0.717, 1.165) is 22.2 Å². The molecule has 0 aliphatic carbocycles. The number of benzene rings is 2. The molecule has 1 atom stereocenters. The summed E-state index contributed by atoms with van der Waals surface area (Å²) >= 11 is 0. The molecule has 0 saturated carbocycles. The topological polar surface area (TPSA) is 78.5 Å². The van der Waals surface area contributed by atoms with Crippen molar-refractivity contribution in [1.82, 2.24) is 20.2 Å². The SMILES string of the molecule is Cc1cc(Nc2nc(N[C@@H](C)c3ccc(F)cc3)nc3ccccc23)n[nH]1. The third-order valence-electron chi connectivity index (χ3n) is 4.27. The molecular weight excluding hydrogens is 343 g/mol. The molecule has 0 aliphatic heterocycles. The number of anilines is 3. The van der Waals surface area contributed by atoms with Crippen LogP contribution in [0.1, 0.15) is 24.2 Å². The molecule has 2 aromatic heterocycles. The summed E-state index contributed by atoms with van der Waals surface area (Å²) in [6.07, 6.45) is 0. The highest BCUT2D eigenvalue weighted by Gasteiger charge is 2.12. The van der Waals surface area contributed by atoms with Crippen molar-refractivity contribution < 1.29 is 4.39 Å². The van der Waals surface area contributed by atoms with Crippen LogP contribution >= 0.6 is 0 Å². The Morgan fingerprint density at radius 3 is 2.56 bits per heavy atom. The van der Waals surface area contributed by atoms with Crippen molar-refractivity contribution in [3.8, 4) is 0 Å². The lowest BCUT2D eigenvalue weighted by molar-refractivity contribution is 0.626. The third kappa shape index (κ3) is 3.72. The Balaban J connectivity index is 1.67. The summed E-state index contributed by atoms with van der Waals surface area (Å²) in [6, 6.07) is 16.0. The molecular formula is C20H19FN6. The normalized spacial score (nSPS) is 12.1. The van der Waals surface area contributed by atoms with Gasteiger partial charge in [0.05, 0.1) is 11.6 Å². The van der Waals surface area contributed by atoms with E-state index in [1.54, 1.807) is 12.1 Å². The standard InChI is InChI=1S/C20H19FN6/c1-12-11-18(27-26-12)24-19-16-5-3-4-6-17(16)23-20(25-19)22-13(2)14-7-9-15(21)10-8-14/h3-11,13H,1-2H3,(H3,22,23,24,25,26,27)/t13-/m0/s1. The van der Waals surface area contributed by atoms with Crippen LogP contribution in [-0.4, -0.2) is 20.2 Å². The number of hydrogen-bond donors (Lipinski definition) is 3. The minimum absolute atomic E-state index is 0.0766. The van der Waals surface area contributed by atoms with Gasteiger partial charge in [-0.1, -0.05) is 24.3 Å². The van der Waals surface area contributed by atoms with E-state index in [4.69, 9.17) is 0 Å². The summed E-state index contributed by atoms with van der Waals surface area (Å²) < 4.78 is 13.2. The van der Waals surface area contributed by atoms with Crippen molar-refractivity contribution in [2.24, 2.45) is 0 Å². The highest BCUT2D eigenvalue weighted by molar-refractivity contribution is 5.91. The first-order valence-corrected chi connectivity index (χ1v) is 8.66. The van der Waals surface area contributed by atoms with Gasteiger partial charge in [-0.3, -0.25) is 5.10 Å². The number of aromatic nitrogens is 4. The van der Waals surface area contributed by atoms with Crippen molar-refractivity contribution in [2.75, 3.05) is 10.6 Å². The molecule has 0 spiro atoms. The average molecular weight is 362 g/mol. The van der Waals surface area contributed by atoms with Crippen molar-refractivity contribution in [2.45, 2.75) is 19.9 Å². The van der Waals surface area contributed by atoms with Crippen LogP contribution < -0.4 is 10.6 Å². The molecule has 27 heavy (non-hydrogen) atoms. The number of nitrogens with zero attached hydrogens (tertiary/aromatic N) is 3. The molecule has 0 saturated heterocycles. The first-order chi connectivity index (χ1) is 13.1. The maximum absolute atomic E-state index is 13.2. The third-order valence-corrected chi connectivity index (χ3v) is 4.27. The largest absolute Gasteiger partial charge is 0.348 e. The van der Waals surface area contributed by atoms with E-state index in [2.05, 4.69) is 30.8 Å². The van der Waals surface area contributed by atoms with E-state index in [9.17, 15) is 4.39 Å². The minimum Gasteiger partial charge on any atom is -0.348 e. The Morgan fingerprint density at radius 2 is 1.81 bits per heavy atom. The molecule has 4 aromatic rings. The van der Waals surface area contributed by atoms with Crippen molar-refractivity contribution >= 4 is 28.5 Å². The quantitative estimate of drug-likeness (QED) is 0.479. The minimum atomic E-state index is -0.256. The van der Waals surface area contributed by atoms with Crippen LogP contribution in [0.4, 0.5) is 22.0 Å². The zero-order valence-electron chi connectivity index (χ0n) is 15.0. The number of halogens is 1. The summed E-state index contributed by atoms with van der Waals surface area (Å²) in [4.78, 5) is 9.23. The van der Waals surface area contributed by atoms with Gasteiger partial charge in [0.25, 0.3) is 0 Å². The zero-order chi connectivity index (χ0) is 18.8. The van der Waals surface area contributed by atoms with Crippen molar-refractivity contribution in [1.29, 1.82) is 0 Å². The van der Waals surface area contributed by atoms with Crippen LogP contribution in [0.25, 0.3) is 10.9 Å². The highest BCUT2D eigenvalue weighted by atomic mass is 19.1. The molecule has 0 radical (unpaired) electrons. The van der Waals surface area contributed by atoms with E-state index < -0.39 is 0 Å². The number of aryl methyl sites for hydroxylation is 1. The molecule has 2 heterocycles. The van der Waals surface area contributed by atoms with Crippen LogP contribution in [-0.2, 0) is 0 Å². The van der Waals surface area contributed by atoms with Gasteiger partial charge in [0.1, 0.15) is 11.6 Å². The zero-order valence-corrected chi connectivity index (χ0v) is 15.0. The van der Waals surface area contributed by atoms with Gasteiger partial charge in [-0.15, -0.1) is 0 Å². The van der Waals surface area contributed by atoms with Crippen LogP contribution in [0.15, 0.2) is 54.6 Å². The molecule has 0 bridgehead atoms. The first-order valence-electron chi connectivity index (χ1n) is 8.66. The number of nitrogens with one attached hydrogen (secondary N) is 3. The van der Waals surface area contributed by atoms with E-state index in [1.807, 2.05) is 44.2 Å². The average Bonchev–Trinajstić information content (AvgIpc) is 3.07. The predicted octanol–water partition coefficient (Wildman–Crippen LogP) is 4.72. The Kier molecular flexibility index (Phi) is 4.42. The van der Waals surface area contributed by atoms with E-state index in [1.165, 1.54) is 12.1 Å². The fraction of sp³-hybridized carbons (Fsp3) is 0.150. The molecule has 0 unspecified atom stereocenters. The number of rotatable bonds is 5. The van der Waals surface area contributed by atoms with Gasteiger partial charge >= 0.3 is 0 Å². The summed E-state index contributed by atoms with van der Waals surface area (Å²) in [5.74, 6) is 1.59. The number of hydrogen-bond acceptors (Lipinski definition) is 5. The fourth-order valence-electron chi connectivity index (χ4n) is 2.87. The summed E-state index contributed by atoms with van der Waals surface area (Å²) in [6.45, 7) is 3.92. The van der Waals surface area contributed by atoms with Crippen molar-refractivity contribution in [3.63, 3.8) is 0 Å². The van der Waals surface area contributed by atoms with Crippen LogP contribution in [0.3, 0.4) is 0 Å². The Labute approximate surface area is 155 Å². The molecule has 0 amide bonds. The highest BCUT2D eigenvalue weighted by Crippen LogP contribution is 2.26. The van der Waals surface area contributed by atoms with Gasteiger partial charge in [0.15, 0.2) is 5.82 Å². The van der Waals surface area contributed by atoms with E-state index >= 15 is 0 Å². The van der Waals surface area contributed by atoms with Gasteiger partial charge in [0, 0.05) is 17.1 Å². The number of H-pyrrole nitrogens is 1. The molecule has 7 heteroatoms. The number of para-hydroxylation sites is 1. The van der Waals surface area contributed by atoms with Crippen LogP contribution in [0, 0.1) is 12.7 Å². The molecule has 0 fully saturated rings. The summed E-state index contributed by atoms with van der Waals surface area (Å²) in [5.41, 5.74) is 2.72. The first kappa shape index (κ1) is 17.0. The maximum atomic E-state index is 13.2. The molecule has 2 aromatic carbocycles. The van der Waals surface area contributed by atoms with E-state index in [0.29, 0.717) is 17.6 Å². The second kappa shape index (κ2) is 7.03. The second-order valence-electron chi connectivity index (χ2n) is 6.39. The van der Waals surface area contributed by atoms with Crippen LogP contribution in [0.2, 0.25) is 0 Å². The van der Waals surface area contributed by atoms with Crippen LogP contribution in [0.5, 0.6) is 0 Å². The predicted molar refractivity (Wildman–Crippen MR) is 105 cm³/mol. The molecule has 136 valence electrons. The Morgan fingerprint density at radius 1 is 1.04 bits per heavy atom. The fourth-order valence-corrected chi connectivity index (χ4v) is 2.87. The number of aromatic amines is 1. The second-order valence-corrected chi connectivity index (χ2v) is 6.39. The van der Waals surface area contributed by atoms with Gasteiger partial charge in [-0.2, -0.15) is 10.1 Å². The Bertz CT molecular complexity index is 1070. The molecule has 6 nitrogen and oxygen atoms in total. The molecule has 0 aliphatic rings. The Hall–Kier alpha value is -3.48.